The van der Waals surface area contributed by atoms with Gasteiger partial charge in [-0.3, -0.25) is 14.4 Å². The van der Waals surface area contributed by atoms with E-state index in [4.69, 9.17) is 10.00 Å². The molecule has 3 aromatic rings. The quantitative estimate of drug-likeness (QED) is 0.578. The molecule has 2 aliphatic rings. The molecule has 1 fully saturated rings. The lowest BCUT2D eigenvalue weighted by molar-refractivity contribution is -0.139. The van der Waals surface area contributed by atoms with Crippen LogP contribution in [0.3, 0.4) is 0 Å². The summed E-state index contributed by atoms with van der Waals surface area (Å²) in [6, 6.07) is 18.1. The third-order valence-electron chi connectivity index (χ3n) is 6.57. The van der Waals surface area contributed by atoms with Gasteiger partial charge in [0.15, 0.2) is 5.54 Å². The number of ether oxygens (including phenoxy) is 1. The molecule has 0 saturated carbocycles. The van der Waals surface area contributed by atoms with Crippen molar-refractivity contribution < 1.29 is 23.5 Å². The molecule has 2 heterocycles. The van der Waals surface area contributed by atoms with E-state index in [1.165, 1.54) is 24.1 Å². The van der Waals surface area contributed by atoms with E-state index in [9.17, 15) is 18.8 Å². The highest BCUT2D eigenvalue weighted by Gasteiger charge is 2.48. The molecule has 1 unspecified atom stereocenters. The summed E-state index contributed by atoms with van der Waals surface area (Å²) >= 11 is 0. The van der Waals surface area contributed by atoms with Gasteiger partial charge in [-0.1, -0.05) is 36.4 Å². The Labute approximate surface area is 206 Å². The predicted molar refractivity (Wildman–Crippen MR) is 127 cm³/mol. The van der Waals surface area contributed by atoms with E-state index in [0.717, 1.165) is 5.56 Å². The number of rotatable bonds is 5. The third-order valence-corrected chi connectivity index (χ3v) is 6.57. The molecule has 180 valence electrons. The molecule has 1 saturated heterocycles. The average molecular weight is 484 g/mol. The van der Waals surface area contributed by atoms with Crippen molar-refractivity contribution >= 4 is 17.7 Å². The molecular formula is C27H21FN4O4. The Morgan fingerprint density at radius 3 is 2.53 bits per heavy atom. The summed E-state index contributed by atoms with van der Waals surface area (Å²) in [5.41, 5.74) is 1.53. The number of piperazine rings is 1. The normalized spacial score (nSPS) is 18.8. The van der Waals surface area contributed by atoms with Crippen LogP contribution in [0.25, 0.3) is 11.1 Å². The van der Waals surface area contributed by atoms with Gasteiger partial charge in [-0.2, -0.15) is 5.26 Å². The van der Waals surface area contributed by atoms with Crippen molar-refractivity contribution in [2.45, 2.75) is 12.1 Å². The number of methoxy groups -OCH3 is 1. The number of fused-ring (bicyclic) bond motifs is 1. The number of hydrogen-bond donors (Lipinski definition) is 2. The van der Waals surface area contributed by atoms with Crippen LogP contribution in [0.15, 0.2) is 60.7 Å². The minimum Gasteiger partial charge on any atom is -0.497 e. The van der Waals surface area contributed by atoms with Crippen molar-refractivity contribution in [1.29, 1.82) is 5.26 Å². The second kappa shape index (κ2) is 8.82. The molecule has 0 aliphatic carbocycles. The average Bonchev–Trinajstić information content (AvgIpc) is 3.20. The zero-order valence-corrected chi connectivity index (χ0v) is 19.3. The van der Waals surface area contributed by atoms with E-state index in [0.29, 0.717) is 28.0 Å². The molecule has 0 spiro atoms. The zero-order valence-electron chi connectivity index (χ0n) is 19.3. The molecule has 3 aromatic carbocycles. The van der Waals surface area contributed by atoms with Crippen molar-refractivity contribution in [2.75, 3.05) is 20.2 Å². The predicted octanol–water partition coefficient (Wildman–Crippen LogP) is 2.47. The summed E-state index contributed by atoms with van der Waals surface area (Å²) in [6.45, 7) is 0.0547. The summed E-state index contributed by atoms with van der Waals surface area (Å²) in [5.74, 6) is -1.11. The number of nitrogens with one attached hydrogen (secondary N) is 2. The first-order valence-electron chi connectivity index (χ1n) is 11.2. The Hall–Kier alpha value is -4.71. The SMILES string of the molecule is COc1ccc2c(c1)C(=O)N(CC1(c3ccc(-c4ccc(F)c(C#N)c4)cc3)NC(=O)CNC1=O)C2. The van der Waals surface area contributed by atoms with Gasteiger partial charge in [0, 0.05) is 12.1 Å². The number of nitriles is 1. The number of hydrogen-bond acceptors (Lipinski definition) is 5. The fourth-order valence-corrected chi connectivity index (χ4v) is 4.68. The first-order valence-corrected chi connectivity index (χ1v) is 11.2. The highest BCUT2D eigenvalue weighted by molar-refractivity contribution is 6.02. The Balaban J connectivity index is 1.50. The van der Waals surface area contributed by atoms with Crippen LogP contribution < -0.4 is 15.4 Å². The molecule has 5 rings (SSSR count). The topological polar surface area (TPSA) is 112 Å². The number of amides is 3. The van der Waals surface area contributed by atoms with Crippen LogP contribution in [-0.4, -0.2) is 42.8 Å². The lowest BCUT2D eigenvalue weighted by Gasteiger charge is -2.39. The highest BCUT2D eigenvalue weighted by Crippen LogP contribution is 2.33. The Morgan fingerprint density at radius 2 is 1.81 bits per heavy atom. The molecule has 1 atom stereocenters. The number of carbonyl (C=O) groups excluding carboxylic acids is 3. The van der Waals surface area contributed by atoms with Gasteiger partial charge in [0.1, 0.15) is 17.6 Å². The molecule has 36 heavy (non-hydrogen) atoms. The zero-order chi connectivity index (χ0) is 25.4. The molecule has 0 bridgehead atoms. The Morgan fingerprint density at radius 1 is 1.06 bits per heavy atom. The maximum absolute atomic E-state index is 13.7. The molecule has 0 aromatic heterocycles. The summed E-state index contributed by atoms with van der Waals surface area (Å²) < 4.78 is 19.0. The van der Waals surface area contributed by atoms with Crippen LogP contribution in [0, 0.1) is 17.1 Å². The van der Waals surface area contributed by atoms with E-state index < -0.39 is 17.3 Å². The van der Waals surface area contributed by atoms with E-state index in [-0.39, 0.29) is 37.0 Å². The molecule has 2 aliphatic heterocycles. The van der Waals surface area contributed by atoms with Crippen LogP contribution in [0.4, 0.5) is 4.39 Å². The number of carbonyl (C=O) groups is 3. The van der Waals surface area contributed by atoms with Crippen molar-refractivity contribution in [3.05, 3.63) is 88.7 Å². The minimum absolute atomic E-state index is 0.0734. The summed E-state index contributed by atoms with van der Waals surface area (Å²) in [7, 11) is 1.52. The van der Waals surface area contributed by atoms with Crippen LogP contribution in [0.2, 0.25) is 0 Å². The summed E-state index contributed by atoms with van der Waals surface area (Å²) in [4.78, 5) is 40.4. The van der Waals surface area contributed by atoms with E-state index in [1.807, 2.05) is 12.1 Å². The van der Waals surface area contributed by atoms with Crippen LogP contribution >= 0.6 is 0 Å². The maximum Gasteiger partial charge on any atom is 0.254 e. The monoisotopic (exact) mass is 484 g/mol. The second-order valence-electron chi connectivity index (χ2n) is 8.70. The van der Waals surface area contributed by atoms with Gasteiger partial charge in [0.05, 0.1) is 25.8 Å². The van der Waals surface area contributed by atoms with Crippen LogP contribution in [0.5, 0.6) is 5.75 Å². The fourth-order valence-electron chi connectivity index (χ4n) is 4.68. The second-order valence-corrected chi connectivity index (χ2v) is 8.70. The van der Waals surface area contributed by atoms with Gasteiger partial charge in [0.2, 0.25) is 5.91 Å². The summed E-state index contributed by atoms with van der Waals surface area (Å²) in [6.07, 6.45) is 0. The molecule has 3 amide bonds. The van der Waals surface area contributed by atoms with Gasteiger partial charge < -0.3 is 20.3 Å². The number of halogens is 1. The first-order chi connectivity index (χ1) is 17.3. The van der Waals surface area contributed by atoms with Gasteiger partial charge in [0.25, 0.3) is 11.8 Å². The molecule has 8 nitrogen and oxygen atoms in total. The van der Waals surface area contributed by atoms with Crippen molar-refractivity contribution in [3.63, 3.8) is 0 Å². The maximum atomic E-state index is 13.7. The van der Waals surface area contributed by atoms with Crippen molar-refractivity contribution in [1.82, 2.24) is 15.5 Å². The molecule has 0 radical (unpaired) electrons. The van der Waals surface area contributed by atoms with Crippen molar-refractivity contribution in [2.24, 2.45) is 0 Å². The van der Waals surface area contributed by atoms with Crippen LogP contribution in [0.1, 0.15) is 27.0 Å². The highest BCUT2D eigenvalue weighted by atomic mass is 19.1. The fraction of sp³-hybridized carbons (Fsp3) is 0.185. The molecule has 2 N–H and O–H groups in total. The lowest BCUT2D eigenvalue weighted by Crippen LogP contribution is -2.67. The number of nitrogens with zero attached hydrogens (tertiary/aromatic N) is 2. The Bertz CT molecular complexity index is 1450. The van der Waals surface area contributed by atoms with E-state index >= 15 is 0 Å². The van der Waals surface area contributed by atoms with E-state index in [2.05, 4.69) is 10.6 Å². The Kier molecular flexibility index (Phi) is 5.65. The molecule has 9 heteroatoms. The van der Waals surface area contributed by atoms with Crippen molar-refractivity contribution in [3.8, 4) is 22.9 Å². The molecular weight excluding hydrogens is 463 g/mol. The van der Waals surface area contributed by atoms with Gasteiger partial charge in [-0.15, -0.1) is 0 Å². The van der Waals surface area contributed by atoms with Crippen LogP contribution in [-0.2, 0) is 21.7 Å². The third kappa shape index (κ3) is 3.82. The largest absolute Gasteiger partial charge is 0.497 e. The smallest absolute Gasteiger partial charge is 0.254 e. The first kappa shape index (κ1) is 23.1. The lowest BCUT2D eigenvalue weighted by atomic mass is 9.85. The number of benzene rings is 3. The van der Waals surface area contributed by atoms with Gasteiger partial charge >= 0.3 is 0 Å². The standard InChI is InChI=1S/C27H21FN4O4/c1-36-21-8-4-18-14-32(25(34)22(18)11-21)15-27(26(35)30-13-24(33)31-27)20-6-2-16(3-7-20)17-5-9-23(28)19(10-17)12-29/h2-11H,13-15H2,1H3,(H,30,35)(H,31,33). The minimum atomic E-state index is -1.50. The van der Waals surface area contributed by atoms with Gasteiger partial charge in [-0.25, -0.2) is 4.39 Å². The van der Waals surface area contributed by atoms with E-state index in [1.54, 1.807) is 42.5 Å². The summed E-state index contributed by atoms with van der Waals surface area (Å²) in [5, 5.41) is 14.6. The van der Waals surface area contributed by atoms with Gasteiger partial charge in [-0.05, 0) is 46.5 Å².